The van der Waals surface area contributed by atoms with E-state index in [9.17, 15) is 13.2 Å². The molecule has 5 heteroatoms. The number of nitrogens with two attached hydrogens (primary N) is 1. The third-order valence-electron chi connectivity index (χ3n) is 1.30. The normalized spacial score (nSPS) is 11.7. The van der Waals surface area contributed by atoms with Crippen LogP contribution in [0.25, 0.3) is 0 Å². The zero-order valence-electron chi connectivity index (χ0n) is 5.82. The van der Waals surface area contributed by atoms with Crippen molar-refractivity contribution in [1.82, 2.24) is 0 Å². The quantitative estimate of drug-likeness (QED) is 0.576. The van der Waals surface area contributed by atoms with Crippen molar-refractivity contribution in [2.75, 3.05) is 5.73 Å². The standard InChI is InChI=1S/C7H5F3IN/c8-7(9,10)5-2-1-4(12)3-6(5)11/h1-3H,12H2. The van der Waals surface area contributed by atoms with Crippen LogP contribution in [0.2, 0.25) is 0 Å². The largest absolute Gasteiger partial charge is 0.417 e. The molecule has 1 rings (SSSR count). The molecular formula is C7H5F3IN. The molecule has 0 aromatic heterocycles. The first-order chi connectivity index (χ1) is 5.41. The fourth-order valence-electron chi connectivity index (χ4n) is 0.761. The lowest BCUT2D eigenvalue weighted by molar-refractivity contribution is -0.138. The minimum absolute atomic E-state index is 0.125. The molecule has 1 aromatic carbocycles. The van der Waals surface area contributed by atoms with Crippen molar-refractivity contribution in [2.45, 2.75) is 6.18 Å². The molecule has 0 aliphatic heterocycles. The predicted molar refractivity (Wildman–Crippen MR) is 48.6 cm³/mol. The van der Waals surface area contributed by atoms with E-state index in [1.54, 1.807) is 22.6 Å². The van der Waals surface area contributed by atoms with Gasteiger partial charge in [0.2, 0.25) is 0 Å². The Labute approximate surface area is 80.9 Å². The first-order valence-electron chi connectivity index (χ1n) is 3.03. The van der Waals surface area contributed by atoms with Crippen molar-refractivity contribution in [3.8, 4) is 0 Å². The molecule has 0 heterocycles. The van der Waals surface area contributed by atoms with Gasteiger partial charge < -0.3 is 5.73 Å². The van der Waals surface area contributed by atoms with Gasteiger partial charge in [0.25, 0.3) is 0 Å². The minimum Gasteiger partial charge on any atom is -0.399 e. The molecular weight excluding hydrogens is 282 g/mol. The third-order valence-corrected chi connectivity index (χ3v) is 2.19. The summed E-state index contributed by atoms with van der Waals surface area (Å²) < 4.78 is 36.5. The van der Waals surface area contributed by atoms with Gasteiger partial charge in [0, 0.05) is 9.26 Å². The highest BCUT2D eigenvalue weighted by atomic mass is 127. The maximum absolute atomic E-state index is 12.1. The number of halogens is 4. The van der Waals surface area contributed by atoms with Gasteiger partial charge in [-0.25, -0.2) is 0 Å². The van der Waals surface area contributed by atoms with Gasteiger partial charge in [0.1, 0.15) is 0 Å². The van der Waals surface area contributed by atoms with Gasteiger partial charge in [-0.2, -0.15) is 13.2 Å². The molecule has 0 amide bonds. The van der Waals surface area contributed by atoms with E-state index in [1.165, 1.54) is 12.1 Å². The van der Waals surface area contributed by atoms with Gasteiger partial charge in [0.15, 0.2) is 0 Å². The molecule has 0 atom stereocenters. The SMILES string of the molecule is Nc1ccc(C(F)(F)F)c(I)c1. The molecule has 0 saturated heterocycles. The molecule has 0 radical (unpaired) electrons. The minimum atomic E-state index is -4.29. The lowest BCUT2D eigenvalue weighted by atomic mass is 10.2. The topological polar surface area (TPSA) is 26.0 Å². The van der Waals surface area contributed by atoms with Gasteiger partial charge >= 0.3 is 6.18 Å². The third kappa shape index (κ3) is 2.02. The van der Waals surface area contributed by atoms with Gasteiger partial charge in [-0.3, -0.25) is 0 Å². The van der Waals surface area contributed by atoms with Crippen LogP contribution in [0.3, 0.4) is 0 Å². The van der Waals surface area contributed by atoms with Crippen molar-refractivity contribution >= 4 is 28.3 Å². The fourth-order valence-corrected chi connectivity index (χ4v) is 1.61. The second kappa shape index (κ2) is 3.12. The zero-order chi connectivity index (χ0) is 9.35. The van der Waals surface area contributed by atoms with Crippen LogP contribution in [0, 0.1) is 3.57 Å². The van der Waals surface area contributed by atoms with E-state index in [0.29, 0.717) is 5.69 Å². The number of alkyl halides is 3. The van der Waals surface area contributed by atoms with Gasteiger partial charge in [-0.15, -0.1) is 0 Å². The molecule has 0 saturated carbocycles. The molecule has 0 spiro atoms. The Morgan fingerprint density at radius 2 is 1.83 bits per heavy atom. The highest BCUT2D eigenvalue weighted by Gasteiger charge is 2.32. The lowest BCUT2D eigenvalue weighted by Crippen LogP contribution is -2.07. The first kappa shape index (κ1) is 9.63. The lowest BCUT2D eigenvalue weighted by Gasteiger charge is -2.08. The highest BCUT2D eigenvalue weighted by Crippen LogP contribution is 2.33. The maximum Gasteiger partial charge on any atom is 0.417 e. The van der Waals surface area contributed by atoms with Crippen molar-refractivity contribution < 1.29 is 13.2 Å². The summed E-state index contributed by atoms with van der Waals surface area (Å²) in [4.78, 5) is 0. The monoisotopic (exact) mass is 287 g/mol. The van der Waals surface area contributed by atoms with Crippen LogP contribution in [0.4, 0.5) is 18.9 Å². The van der Waals surface area contributed by atoms with Gasteiger partial charge in [-0.05, 0) is 40.8 Å². The Balaban J connectivity index is 3.19. The smallest absolute Gasteiger partial charge is 0.399 e. The van der Waals surface area contributed by atoms with Crippen LogP contribution in [0.5, 0.6) is 0 Å². The Morgan fingerprint density at radius 3 is 2.25 bits per heavy atom. The second-order valence-corrected chi connectivity index (χ2v) is 3.40. The average molecular weight is 287 g/mol. The molecule has 0 aliphatic carbocycles. The summed E-state index contributed by atoms with van der Waals surface area (Å²) in [6, 6.07) is 3.52. The number of hydrogen-bond acceptors (Lipinski definition) is 1. The Hall–Kier alpha value is -0.460. The summed E-state index contributed by atoms with van der Waals surface area (Å²) in [5.41, 5.74) is 5.00. The second-order valence-electron chi connectivity index (χ2n) is 2.24. The van der Waals surface area contributed by atoms with E-state index < -0.39 is 11.7 Å². The molecule has 1 nitrogen and oxygen atoms in total. The van der Waals surface area contributed by atoms with E-state index >= 15 is 0 Å². The predicted octanol–water partition coefficient (Wildman–Crippen LogP) is 2.89. The number of benzene rings is 1. The summed E-state index contributed by atoms with van der Waals surface area (Å²) in [5.74, 6) is 0. The molecule has 0 aliphatic rings. The number of nitrogen functional groups attached to an aromatic ring is 1. The number of rotatable bonds is 0. The van der Waals surface area contributed by atoms with Crippen molar-refractivity contribution in [3.63, 3.8) is 0 Å². The van der Waals surface area contributed by atoms with Gasteiger partial charge in [0.05, 0.1) is 5.56 Å². The summed E-state index contributed by atoms with van der Waals surface area (Å²) >= 11 is 1.61. The molecule has 1 aromatic rings. The molecule has 0 unspecified atom stereocenters. The fraction of sp³-hybridized carbons (Fsp3) is 0.143. The summed E-state index contributed by atoms with van der Waals surface area (Å²) in [6.45, 7) is 0. The van der Waals surface area contributed by atoms with Crippen molar-refractivity contribution in [3.05, 3.63) is 27.3 Å². The first-order valence-corrected chi connectivity index (χ1v) is 4.11. The molecule has 2 N–H and O–H groups in total. The van der Waals surface area contributed by atoms with Crippen LogP contribution < -0.4 is 5.73 Å². The Morgan fingerprint density at radius 1 is 1.25 bits per heavy atom. The van der Waals surface area contributed by atoms with Gasteiger partial charge in [-0.1, -0.05) is 0 Å². The van der Waals surface area contributed by atoms with E-state index in [2.05, 4.69) is 0 Å². The van der Waals surface area contributed by atoms with Crippen LogP contribution in [0.15, 0.2) is 18.2 Å². The van der Waals surface area contributed by atoms with E-state index in [-0.39, 0.29) is 3.57 Å². The number of anilines is 1. The number of hydrogen-bond donors (Lipinski definition) is 1. The summed E-state index contributed by atoms with van der Waals surface area (Å²) in [7, 11) is 0. The van der Waals surface area contributed by atoms with Crippen LogP contribution >= 0.6 is 22.6 Å². The van der Waals surface area contributed by atoms with Crippen LogP contribution in [-0.2, 0) is 6.18 Å². The molecule has 0 fully saturated rings. The van der Waals surface area contributed by atoms with E-state index in [4.69, 9.17) is 5.73 Å². The summed E-state index contributed by atoms with van der Waals surface area (Å²) in [5, 5.41) is 0. The summed E-state index contributed by atoms with van der Waals surface area (Å²) in [6.07, 6.45) is -4.29. The average Bonchev–Trinajstić information content (AvgIpc) is 1.83. The van der Waals surface area contributed by atoms with Crippen molar-refractivity contribution in [2.24, 2.45) is 0 Å². The molecule has 0 bridgehead atoms. The van der Waals surface area contributed by atoms with E-state index in [0.717, 1.165) is 6.07 Å². The van der Waals surface area contributed by atoms with Crippen molar-refractivity contribution in [1.29, 1.82) is 0 Å². The Kier molecular flexibility index (Phi) is 2.50. The zero-order valence-corrected chi connectivity index (χ0v) is 7.98. The Bertz CT molecular complexity index is 295. The molecule has 12 heavy (non-hydrogen) atoms. The van der Waals surface area contributed by atoms with Crippen LogP contribution in [0.1, 0.15) is 5.56 Å². The maximum atomic E-state index is 12.1. The van der Waals surface area contributed by atoms with Crippen LogP contribution in [-0.4, -0.2) is 0 Å². The van der Waals surface area contributed by atoms with E-state index in [1.807, 2.05) is 0 Å². The highest BCUT2D eigenvalue weighted by molar-refractivity contribution is 14.1. The molecule has 66 valence electrons.